The average molecular weight is 284 g/mol. The fourth-order valence-corrected chi connectivity index (χ4v) is 2.77. The van der Waals surface area contributed by atoms with Gasteiger partial charge in [0.1, 0.15) is 0 Å². The number of rotatable bonds is 3. The predicted molar refractivity (Wildman–Crippen MR) is 68.9 cm³/mol. The van der Waals surface area contributed by atoms with E-state index in [4.69, 9.17) is 9.84 Å². The summed E-state index contributed by atoms with van der Waals surface area (Å²) in [6, 6.07) is 0. The molecule has 2 amide bonds. The quantitative estimate of drug-likeness (QED) is 0.759. The van der Waals surface area contributed by atoms with E-state index in [0.29, 0.717) is 19.6 Å². The lowest BCUT2D eigenvalue weighted by Crippen LogP contribution is -2.53. The van der Waals surface area contributed by atoms with Gasteiger partial charge in [0.2, 0.25) is 11.8 Å². The Bertz CT molecular complexity index is 425. The van der Waals surface area contributed by atoms with Crippen LogP contribution in [-0.2, 0) is 19.1 Å². The molecule has 0 aliphatic carbocycles. The molecule has 2 fully saturated rings. The lowest BCUT2D eigenvalue weighted by molar-refractivity contribution is -0.167. The summed E-state index contributed by atoms with van der Waals surface area (Å²) in [5, 5.41) is 9.02. The largest absolute Gasteiger partial charge is 0.479 e. The summed E-state index contributed by atoms with van der Waals surface area (Å²) < 4.78 is 5.28. The summed E-state index contributed by atoms with van der Waals surface area (Å²) >= 11 is 0. The number of carbonyl (C=O) groups excluding carboxylic acids is 2. The molecule has 7 heteroatoms. The van der Waals surface area contributed by atoms with Gasteiger partial charge in [0.05, 0.1) is 18.6 Å². The number of morpholine rings is 1. The van der Waals surface area contributed by atoms with Crippen LogP contribution in [-0.4, -0.2) is 71.1 Å². The average Bonchev–Trinajstić information content (AvgIpc) is 2.78. The highest BCUT2D eigenvalue weighted by Crippen LogP contribution is 2.22. The highest BCUT2D eigenvalue weighted by molar-refractivity contribution is 5.89. The van der Waals surface area contributed by atoms with Gasteiger partial charge in [-0.2, -0.15) is 0 Å². The summed E-state index contributed by atoms with van der Waals surface area (Å²) in [6.45, 7) is 5.07. The molecule has 20 heavy (non-hydrogen) atoms. The molecule has 0 bridgehead atoms. The van der Waals surface area contributed by atoms with Gasteiger partial charge in [-0.25, -0.2) is 4.79 Å². The van der Waals surface area contributed by atoms with Crippen molar-refractivity contribution >= 4 is 17.8 Å². The molecule has 2 heterocycles. The van der Waals surface area contributed by atoms with Gasteiger partial charge in [-0.3, -0.25) is 9.59 Å². The van der Waals surface area contributed by atoms with Gasteiger partial charge in [-0.15, -0.1) is 0 Å². The van der Waals surface area contributed by atoms with Crippen molar-refractivity contribution in [3.05, 3.63) is 0 Å². The second kappa shape index (κ2) is 5.78. The Morgan fingerprint density at radius 2 is 2.05 bits per heavy atom. The molecule has 0 aromatic carbocycles. The van der Waals surface area contributed by atoms with Gasteiger partial charge < -0.3 is 19.6 Å². The maximum Gasteiger partial charge on any atom is 0.334 e. The molecule has 0 aromatic rings. The Labute approximate surface area is 117 Å². The van der Waals surface area contributed by atoms with Crippen molar-refractivity contribution in [3.8, 4) is 0 Å². The standard InChI is InChI=1S/C13H20N2O5/c1-3-14-6-9(4-11(14)16)12(17)15-5-8(2)20-10(7-15)13(18)19/h8-10H,3-7H2,1-2H3,(H,18,19)/t8-,9?,10?/m1/s1. The van der Waals surface area contributed by atoms with Gasteiger partial charge in [0.15, 0.2) is 6.10 Å². The number of hydrogen-bond acceptors (Lipinski definition) is 4. The number of nitrogens with zero attached hydrogens (tertiary/aromatic N) is 2. The van der Waals surface area contributed by atoms with E-state index < -0.39 is 12.1 Å². The number of ether oxygens (including phenoxy) is 1. The van der Waals surface area contributed by atoms with Crippen molar-refractivity contribution in [2.45, 2.75) is 32.5 Å². The van der Waals surface area contributed by atoms with Crippen LogP contribution in [0.15, 0.2) is 0 Å². The van der Waals surface area contributed by atoms with E-state index in [2.05, 4.69) is 0 Å². The highest BCUT2D eigenvalue weighted by atomic mass is 16.5. The van der Waals surface area contributed by atoms with Crippen molar-refractivity contribution in [2.24, 2.45) is 5.92 Å². The van der Waals surface area contributed by atoms with Crippen molar-refractivity contribution in [1.29, 1.82) is 0 Å². The lowest BCUT2D eigenvalue weighted by atomic mass is 10.1. The molecule has 1 N–H and O–H groups in total. The van der Waals surface area contributed by atoms with Crippen molar-refractivity contribution < 1.29 is 24.2 Å². The highest BCUT2D eigenvalue weighted by Gasteiger charge is 2.39. The van der Waals surface area contributed by atoms with Gasteiger partial charge in [-0.05, 0) is 13.8 Å². The summed E-state index contributed by atoms with van der Waals surface area (Å²) in [4.78, 5) is 38.3. The van der Waals surface area contributed by atoms with Crippen LogP contribution in [0, 0.1) is 5.92 Å². The molecule has 2 aliphatic rings. The monoisotopic (exact) mass is 284 g/mol. The first-order valence-electron chi connectivity index (χ1n) is 6.87. The topological polar surface area (TPSA) is 87.2 Å². The van der Waals surface area contributed by atoms with E-state index in [9.17, 15) is 14.4 Å². The Kier molecular flexibility index (Phi) is 4.27. The van der Waals surface area contributed by atoms with Gasteiger partial charge in [0.25, 0.3) is 0 Å². The molecule has 112 valence electrons. The number of aliphatic carboxylic acids is 1. The van der Waals surface area contributed by atoms with E-state index in [0.717, 1.165) is 0 Å². The maximum absolute atomic E-state index is 12.4. The molecule has 3 atom stereocenters. The van der Waals surface area contributed by atoms with Crippen LogP contribution in [0.5, 0.6) is 0 Å². The SMILES string of the molecule is CCN1CC(C(=O)N2CC(C(=O)O)O[C@H](C)C2)CC1=O. The first-order chi connectivity index (χ1) is 9.42. The Balaban J connectivity index is 2.02. The minimum Gasteiger partial charge on any atom is -0.479 e. The predicted octanol–water partition coefficient (Wildman–Crippen LogP) is -0.445. The van der Waals surface area contributed by atoms with Crippen LogP contribution in [0.3, 0.4) is 0 Å². The molecule has 2 saturated heterocycles. The second-order valence-corrected chi connectivity index (χ2v) is 5.35. The van der Waals surface area contributed by atoms with Crippen molar-refractivity contribution in [1.82, 2.24) is 9.80 Å². The summed E-state index contributed by atoms with van der Waals surface area (Å²) in [5.74, 6) is -1.58. The number of amides is 2. The first-order valence-corrected chi connectivity index (χ1v) is 6.87. The maximum atomic E-state index is 12.4. The van der Waals surface area contributed by atoms with Crippen LogP contribution in [0.2, 0.25) is 0 Å². The second-order valence-electron chi connectivity index (χ2n) is 5.35. The van der Waals surface area contributed by atoms with Crippen molar-refractivity contribution in [2.75, 3.05) is 26.2 Å². The van der Waals surface area contributed by atoms with E-state index >= 15 is 0 Å². The zero-order chi connectivity index (χ0) is 14.9. The zero-order valence-electron chi connectivity index (χ0n) is 11.7. The summed E-state index contributed by atoms with van der Waals surface area (Å²) in [5.41, 5.74) is 0. The van der Waals surface area contributed by atoms with E-state index in [1.807, 2.05) is 6.92 Å². The smallest absolute Gasteiger partial charge is 0.334 e. The van der Waals surface area contributed by atoms with E-state index in [1.165, 1.54) is 4.90 Å². The fraction of sp³-hybridized carbons (Fsp3) is 0.769. The third kappa shape index (κ3) is 2.92. The Hall–Kier alpha value is -1.63. The number of likely N-dealkylation sites (tertiary alicyclic amines) is 1. The molecule has 2 rings (SSSR count). The third-order valence-electron chi connectivity index (χ3n) is 3.79. The summed E-state index contributed by atoms with van der Waals surface area (Å²) in [7, 11) is 0. The molecular formula is C13H20N2O5. The van der Waals surface area contributed by atoms with Crippen LogP contribution < -0.4 is 0 Å². The molecule has 0 spiro atoms. The molecule has 2 aliphatic heterocycles. The normalized spacial score (nSPS) is 30.7. The van der Waals surface area contributed by atoms with Gasteiger partial charge >= 0.3 is 5.97 Å². The molecule has 0 saturated carbocycles. The third-order valence-corrected chi connectivity index (χ3v) is 3.79. The lowest BCUT2D eigenvalue weighted by Gasteiger charge is -2.36. The molecule has 7 nitrogen and oxygen atoms in total. The molecule has 2 unspecified atom stereocenters. The van der Waals surface area contributed by atoms with E-state index in [1.54, 1.807) is 11.8 Å². The van der Waals surface area contributed by atoms with Gasteiger partial charge in [-0.1, -0.05) is 0 Å². The first kappa shape index (κ1) is 14.8. The zero-order valence-corrected chi connectivity index (χ0v) is 11.7. The number of hydrogen-bond donors (Lipinski definition) is 1. The van der Waals surface area contributed by atoms with Crippen LogP contribution in [0.1, 0.15) is 20.3 Å². The van der Waals surface area contributed by atoms with Crippen molar-refractivity contribution in [3.63, 3.8) is 0 Å². The number of carboxylic acids is 1. The summed E-state index contributed by atoms with van der Waals surface area (Å²) in [6.07, 6.45) is -1.08. The minimum absolute atomic E-state index is 0.0121. The molecule has 0 radical (unpaired) electrons. The number of carbonyl (C=O) groups is 3. The molecule has 0 aromatic heterocycles. The number of carboxylic acid groups (broad SMARTS) is 1. The van der Waals surface area contributed by atoms with E-state index in [-0.39, 0.29) is 36.8 Å². The van der Waals surface area contributed by atoms with Gasteiger partial charge in [0, 0.05) is 26.1 Å². The molecular weight excluding hydrogens is 264 g/mol. The van der Waals surface area contributed by atoms with Crippen LogP contribution in [0.25, 0.3) is 0 Å². The van der Waals surface area contributed by atoms with Crippen LogP contribution in [0.4, 0.5) is 0 Å². The van der Waals surface area contributed by atoms with Crippen LogP contribution >= 0.6 is 0 Å². The Morgan fingerprint density at radius 3 is 2.60 bits per heavy atom. The minimum atomic E-state index is -1.06. The Morgan fingerprint density at radius 1 is 1.35 bits per heavy atom. The fourth-order valence-electron chi connectivity index (χ4n) is 2.77.